The van der Waals surface area contributed by atoms with Crippen molar-refractivity contribution in [2.45, 2.75) is 38.2 Å². The lowest BCUT2D eigenvalue weighted by molar-refractivity contribution is -0.101. The predicted molar refractivity (Wildman–Crippen MR) is 72.6 cm³/mol. The van der Waals surface area contributed by atoms with Crippen LogP contribution in [0.25, 0.3) is 0 Å². The molecule has 0 spiro atoms. The van der Waals surface area contributed by atoms with Crippen molar-refractivity contribution < 1.29 is 13.9 Å². The number of esters is 1. The Labute approximate surface area is 118 Å². The van der Waals surface area contributed by atoms with Crippen molar-refractivity contribution in [2.75, 3.05) is 0 Å². The minimum atomic E-state index is -0.385. The van der Waals surface area contributed by atoms with Gasteiger partial charge in [0.25, 0.3) is 0 Å². The van der Waals surface area contributed by atoms with E-state index in [2.05, 4.69) is 0 Å². The van der Waals surface area contributed by atoms with Crippen molar-refractivity contribution in [2.24, 2.45) is 23.7 Å². The van der Waals surface area contributed by atoms with Crippen LogP contribution >= 0.6 is 0 Å². The Morgan fingerprint density at radius 3 is 2.30 bits per heavy atom. The van der Waals surface area contributed by atoms with Crippen LogP contribution in [0.1, 0.15) is 42.5 Å². The molecule has 0 unspecified atom stereocenters. The topological polar surface area (TPSA) is 26.3 Å². The van der Waals surface area contributed by atoms with Gasteiger partial charge < -0.3 is 4.74 Å². The van der Waals surface area contributed by atoms with E-state index < -0.39 is 0 Å². The maximum absolute atomic E-state index is 13.2. The molecule has 4 bridgehead atoms. The number of hydrogen-bond acceptors (Lipinski definition) is 2. The third-order valence-corrected chi connectivity index (χ3v) is 5.44. The zero-order chi connectivity index (χ0) is 13.7. The van der Waals surface area contributed by atoms with E-state index in [0.29, 0.717) is 17.4 Å². The Morgan fingerprint density at radius 2 is 1.70 bits per heavy atom. The second-order valence-corrected chi connectivity index (χ2v) is 6.81. The molecule has 0 aromatic heterocycles. The summed E-state index contributed by atoms with van der Waals surface area (Å²) in [6.45, 7) is 0. The van der Waals surface area contributed by atoms with E-state index in [4.69, 9.17) is 4.74 Å². The standard InChI is InChI=1S/C17H19FO2/c18-15-3-1-2-12(9-15)17(19)20-16-13-5-10-4-11(7-13)8-14(16)6-10/h1-3,9-11,13-14,16H,4-8H2. The molecule has 20 heavy (non-hydrogen) atoms. The molecule has 1 aromatic carbocycles. The monoisotopic (exact) mass is 274 g/mol. The van der Waals surface area contributed by atoms with Crippen LogP contribution in [0.15, 0.2) is 24.3 Å². The molecule has 0 radical (unpaired) electrons. The van der Waals surface area contributed by atoms with Crippen molar-refractivity contribution in [1.82, 2.24) is 0 Å². The summed E-state index contributed by atoms with van der Waals surface area (Å²) < 4.78 is 18.9. The lowest BCUT2D eigenvalue weighted by Gasteiger charge is -2.53. The van der Waals surface area contributed by atoms with E-state index in [-0.39, 0.29) is 17.9 Å². The molecule has 2 nitrogen and oxygen atoms in total. The van der Waals surface area contributed by atoms with Gasteiger partial charge in [0.1, 0.15) is 11.9 Å². The Hall–Kier alpha value is -1.38. The Bertz CT molecular complexity index is 512. The molecule has 1 aromatic rings. The molecule has 4 fully saturated rings. The largest absolute Gasteiger partial charge is 0.458 e. The van der Waals surface area contributed by atoms with Crippen LogP contribution in [-0.4, -0.2) is 12.1 Å². The quantitative estimate of drug-likeness (QED) is 0.767. The van der Waals surface area contributed by atoms with E-state index in [1.165, 1.54) is 44.2 Å². The normalized spacial score (nSPS) is 38.0. The van der Waals surface area contributed by atoms with E-state index in [1.807, 2.05) is 0 Å². The average Bonchev–Trinajstić information content (AvgIpc) is 2.42. The van der Waals surface area contributed by atoms with Crippen LogP contribution in [-0.2, 0) is 4.74 Å². The smallest absolute Gasteiger partial charge is 0.338 e. The van der Waals surface area contributed by atoms with Gasteiger partial charge in [-0.15, -0.1) is 0 Å². The van der Waals surface area contributed by atoms with Gasteiger partial charge in [0.15, 0.2) is 0 Å². The first-order valence-electron chi connectivity index (χ1n) is 7.65. The van der Waals surface area contributed by atoms with Gasteiger partial charge in [0, 0.05) is 0 Å². The molecule has 4 aliphatic rings. The Morgan fingerprint density at radius 1 is 1.05 bits per heavy atom. The van der Waals surface area contributed by atoms with Gasteiger partial charge in [-0.2, -0.15) is 0 Å². The first-order valence-corrected chi connectivity index (χ1v) is 7.65. The van der Waals surface area contributed by atoms with Crippen LogP contribution in [0.4, 0.5) is 4.39 Å². The summed E-state index contributed by atoms with van der Waals surface area (Å²) in [5.74, 6) is 2.07. The minimum Gasteiger partial charge on any atom is -0.458 e. The van der Waals surface area contributed by atoms with Gasteiger partial charge in [-0.1, -0.05) is 6.07 Å². The van der Waals surface area contributed by atoms with Gasteiger partial charge >= 0.3 is 5.97 Å². The summed E-state index contributed by atoms with van der Waals surface area (Å²) in [7, 11) is 0. The molecule has 0 atom stereocenters. The van der Waals surface area contributed by atoms with Gasteiger partial charge in [-0.05, 0) is 74.0 Å². The molecule has 5 rings (SSSR count). The number of ether oxygens (including phenoxy) is 1. The number of carbonyl (C=O) groups excluding carboxylic acids is 1. The highest BCUT2D eigenvalue weighted by Crippen LogP contribution is 2.54. The van der Waals surface area contributed by atoms with Crippen LogP contribution < -0.4 is 0 Å². The number of rotatable bonds is 2. The molecule has 0 aliphatic heterocycles. The average molecular weight is 274 g/mol. The maximum atomic E-state index is 13.2. The first-order chi connectivity index (χ1) is 9.69. The molecule has 0 heterocycles. The zero-order valence-electron chi connectivity index (χ0n) is 11.4. The van der Waals surface area contributed by atoms with Crippen LogP contribution in [0, 0.1) is 29.5 Å². The van der Waals surface area contributed by atoms with Crippen LogP contribution in [0.2, 0.25) is 0 Å². The van der Waals surface area contributed by atoms with E-state index in [1.54, 1.807) is 12.1 Å². The third kappa shape index (κ3) is 2.04. The number of benzene rings is 1. The Balaban J connectivity index is 1.50. The molecule has 0 N–H and O–H groups in total. The number of carbonyl (C=O) groups is 1. The van der Waals surface area contributed by atoms with E-state index in [9.17, 15) is 9.18 Å². The molecule has 0 saturated heterocycles. The summed E-state index contributed by atoms with van der Waals surface area (Å²) in [6.07, 6.45) is 6.32. The highest BCUT2D eigenvalue weighted by molar-refractivity contribution is 5.89. The van der Waals surface area contributed by atoms with Gasteiger partial charge in [0.2, 0.25) is 0 Å². The first kappa shape index (κ1) is 12.4. The fourth-order valence-corrected chi connectivity index (χ4v) is 4.87. The lowest BCUT2D eigenvalue weighted by atomic mass is 9.55. The summed E-state index contributed by atoms with van der Waals surface area (Å²) >= 11 is 0. The number of halogens is 1. The summed E-state index contributed by atoms with van der Waals surface area (Å²) in [4.78, 5) is 12.2. The molecule has 4 aliphatic carbocycles. The van der Waals surface area contributed by atoms with Crippen molar-refractivity contribution in [1.29, 1.82) is 0 Å². The number of hydrogen-bond donors (Lipinski definition) is 0. The fraction of sp³-hybridized carbons (Fsp3) is 0.588. The molecule has 4 saturated carbocycles. The second-order valence-electron chi connectivity index (χ2n) is 6.81. The Kier molecular flexibility index (Phi) is 2.83. The molecule has 0 amide bonds. The van der Waals surface area contributed by atoms with Gasteiger partial charge in [0.05, 0.1) is 5.56 Å². The highest BCUT2D eigenvalue weighted by atomic mass is 19.1. The molecular formula is C17H19FO2. The highest BCUT2D eigenvalue weighted by Gasteiger charge is 2.49. The van der Waals surface area contributed by atoms with Crippen molar-refractivity contribution in [3.05, 3.63) is 35.6 Å². The van der Waals surface area contributed by atoms with E-state index in [0.717, 1.165) is 11.8 Å². The fourth-order valence-electron chi connectivity index (χ4n) is 4.87. The van der Waals surface area contributed by atoms with E-state index >= 15 is 0 Å². The van der Waals surface area contributed by atoms with Gasteiger partial charge in [-0.25, -0.2) is 9.18 Å². The zero-order valence-corrected chi connectivity index (χ0v) is 11.4. The molecule has 3 heteroatoms. The van der Waals surface area contributed by atoms with Crippen LogP contribution in [0.5, 0.6) is 0 Å². The minimum absolute atomic E-state index is 0.0681. The molecular weight excluding hydrogens is 255 g/mol. The third-order valence-electron chi connectivity index (χ3n) is 5.44. The summed E-state index contributed by atoms with van der Waals surface area (Å²) in [5, 5.41) is 0. The maximum Gasteiger partial charge on any atom is 0.338 e. The summed E-state index contributed by atoms with van der Waals surface area (Å²) in [6, 6.07) is 5.79. The molecule has 106 valence electrons. The predicted octanol–water partition coefficient (Wildman–Crippen LogP) is 3.81. The van der Waals surface area contributed by atoms with Crippen molar-refractivity contribution >= 4 is 5.97 Å². The SMILES string of the molecule is O=C(OC1C2CC3CC(C2)CC1C3)c1cccc(F)c1. The summed E-state index contributed by atoms with van der Waals surface area (Å²) in [5.41, 5.74) is 0.332. The van der Waals surface area contributed by atoms with Gasteiger partial charge in [-0.3, -0.25) is 0 Å². The van der Waals surface area contributed by atoms with Crippen molar-refractivity contribution in [3.8, 4) is 0 Å². The van der Waals surface area contributed by atoms with Crippen molar-refractivity contribution in [3.63, 3.8) is 0 Å². The second kappa shape index (κ2) is 4.57. The lowest BCUT2D eigenvalue weighted by Crippen LogP contribution is -2.50. The van der Waals surface area contributed by atoms with Crippen LogP contribution in [0.3, 0.4) is 0 Å².